The fraction of sp³-hybridized carbons (Fsp3) is 0.286. The Kier molecular flexibility index (Phi) is 4.06. The molecule has 0 aliphatic rings. The van der Waals surface area contributed by atoms with Crippen molar-refractivity contribution in [3.63, 3.8) is 0 Å². The first kappa shape index (κ1) is 13.4. The van der Waals surface area contributed by atoms with Crippen LogP contribution in [0.25, 0.3) is 0 Å². The molecule has 1 aromatic heterocycles. The van der Waals surface area contributed by atoms with Crippen LogP contribution < -0.4 is 10.6 Å². The SMILES string of the molecule is CC(c1ccccc1F)N(C)c1cncc(CN)n1. The molecule has 2 N–H and O–H groups in total. The molecule has 0 aliphatic heterocycles. The van der Waals surface area contributed by atoms with Gasteiger partial charge in [0, 0.05) is 25.4 Å². The number of rotatable bonds is 4. The molecule has 0 bridgehead atoms. The van der Waals surface area contributed by atoms with Gasteiger partial charge in [-0.2, -0.15) is 0 Å². The lowest BCUT2D eigenvalue weighted by Gasteiger charge is -2.26. The van der Waals surface area contributed by atoms with Crippen molar-refractivity contribution in [2.24, 2.45) is 5.73 Å². The van der Waals surface area contributed by atoms with E-state index < -0.39 is 0 Å². The van der Waals surface area contributed by atoms with Gasteiger partial charge in [0.05, 0.1) is 17.9 Å². The van der Waals surface area contributed by atoms with Crippen LogP contribution in [0.2, 0.25) is 0 Å². The Labute approximate surface area is 112 Å². The zero-order valence-electron chi connectivity index (χ0n) is 11.0. The Bertz CT molecular complexity index is 559. The van der Waals surface area contributed by atoms with Crippen LogP contribution in [0.4, 0.5) is 10.2 Å². The molecule has 2 aromatic rings. The summed E-state index contributed by atoms with van der Waals surface area (Å²) in [4.78, 5) is 10.4. The lowest BCUT2D eigenvalue weighted by atomic mass is 10.1. The van der Waals surface area contributed by atoms with Gasteiger partial charge in [0.25, 0.3) is 0 Å². The van der Waals surface area contributed by atoms with E-state index in [9.17, 15) is 4.39 Å². The van der Waals surface area contributed by atoms with Gasteiger partial charge in [0.15, 0.2) is 0 Å². The summed E-state index contributed by atoms with van der Waals surface area (Å²) >= 11 is 0. The maximum Gasteiger partial charge on any atom is 0.147 e. The summed E-state index contributed by atoms with van der Waals surface area (Å²) in [5.74, 6) is 0.462. The number of nitrogens with two attached hydrogens (primary N) is 1. The topological polar surface area (TPSA) is 55.0 Å². The van der Waals surface area contributed by atoms with E-state index in [0.29, 0.717) is 23.6 Å². The van der Waals surface area contributed by atoms with Crippen molar-refractivity contribution in [2.75, 3.05) is 11.9 Å². The molecule has 4 nitrogen and oxygen atoms in total. The molecule has 1 aromatic carbocycles. The largest absolute Gasteiger partial charge is 0.352 e. The number of hydrogen-bond donors (Lipinski definition) is 1. The average Bonchev–Trinajstić information content (AvgIpc) is 2.46. The molecule has 2 rings (SSSR count). The monoisotopic (exact) mass is 260 g/mol. The first-order valence-electron chi connectivity index (χ1n) is 6.11. The number of hydrogen-bond acceptors (Lipinski definition) is 4. The highest BCUT2D eigenvalue weighted by Crippen LogP contribution is 2.25. The first-order valence-corrected chi connectivity index (χ1v) is 6.11. The summed E-state index contributed by atoms with van der Waals surface area (Å²) in [6.45, 7) is 2.26. The zero-order valence-corrected chi connectivity index (χ0v) is 11.0. The van der Waals surface area contributed by atoms with E-state index >= 15 is 0 Å². The predicted molar refractivity (Wildman–Crippen MR) is 73.1 cm³/mol. The lowest BCUT2D eigenvalue weighted by molar-refractivity contribution is 0.583. The number of benzene rings is 1. The summed E-state index contributed by atoms with van der Waals surface area (Å²) in [5, 5.41) is 0. The van der Waals surface area contributed by atoms with Gasteiger partial charge in [-0.1, -0.05) is 18.2 Å². The third-order valence-corrected chi connectivity index (χ3v) is 3.18. The Hall–Kier alpha value is -2.01. The minimum absolute atomic E-state index is 0.136. The van der Waals surface area contributed by atoms with Gasteiger partial charge in [0.1, 0.15) is 11.6 Å². The van der Waals surface area contributed by atoms with Crippen molar-refractivity contribution in [2.45, 2.75) is 19.5 Å². The highest BCUT2D eigenvalue weighted by atomic mass is 19.1. The molecule has 100 valence electrons. The third-order valence-electron chi connectivity index (χ3n) is 3.18. The molecule has 0 amide bonds. The second-order valence-corrected chi connectivity index (χ2v) is 4.38. The number of aromatic nitrogens is 2. The van der Waals surface area contributed by atoms with E-state index in [4.69, 9.17) is 5.73 Å². The smallest absolute Gasteiger partial charge is 0.147 e. The van der Waals surface area contributed by atoms with Crippen molar-refractivity contribution in [1.29, 1.82) is 0 Å². The Morgan fingerprint density at radius 1 is 1.32 bits per heavy atom. The van der Waals surface area contributed by atoms with E-state index in [-0.39, 0.29) is 11.9 Å². The predicted octanol–water partition coefficient (Wildman–Crippen LogP) is 2.27. The minimum atomic E-state index is -0.218. The van der Waals surface area contributed by atoms with Crippen LogP contribution in [-0.4, -0.2) is 17.0 Å². The lowest BCUT2D eigenvalue weighted by Crippen LogP contribution is -2.24. The van der Waals surface area contributed by atoms with Crippen molar-refractivity contribution in [3.8, 4) is 0 Å². The van der Waals surface area contributed by atoms with Crippen molar-refractivity contribution in [1.82, 2.24) is 9.97 Å². The van der Waals surface area contributed by atoms with Crippen LogP contribution >= 0.6 is 0 Å². The fourth-order valence-electron chi connectivity index (χ4n) is 1.88. The van der Waals surface area contributed by atoms with Gasteiger partial charge < -0.3 is 10.6 Å². The molecule has 0 radical (unpaired) electrons. The van der Waals surface area contributed by atoms with Gasteiger partial charge in [-0.25, -0.2) is 9.37 Å². The van der Waals surface area contributed by atoms with Gasteiger partial charge in [-0.15, -0.1) is 0 Å². The van der Waals surface area contributed by atoms with Gasteiger partial charge >= 0.3 is 0 Å². The average molecular weight is 260 g/mol. The van der Waals surface area contributed by atoms with Gasteiger partial charge in [0.2, 0.25) is 0 Å². The fourth-order valence-corrected chi connectivity index (χ4v) is 1.88. The highest BCUT2D eigenvalue weighted by molar-refractivity contribution is 5.40. The second kappa shape index (κ2) is 5.75. The Balaban J connectivity index is 2.28. The molecule has 0 saturated carbocycles. The Morgan fingerprint density at radius 2 is 2.05 bits per heavy atom. The second-order valence-electron chi connectivity index (χ2n) is 4.38. The normalized spacial score (nSPS) is 12.2. The first-order chi connectivity index (χ1) is 9.13. The van der Waals surface area contributed by atoms with Crippen LogP contribution in [0.5, 0.6) is 0 Å². The molecule has 0 aliphatic carbocycles. The molecule has 1 unspecified atom stereocenters. The molecule has 0 fully saturated rings. The standard InChI is InChI=1S/C14H17FN4/c1-10(12-5-3-4-6-13(12)15)19(2)14-9-17-8-11(7-16)18-14/h3-6,8-10H,7,16H2,1-2H3. The van der Waals surface area contributed by atoms with E-state index in [1.54, 1.807) is 24.5 Å². The highest BCUT2D eigenvalue weighted by Gasteiger charge is 2.17. The van der Waals surface area contributed by atoms with Crippen LogP contribution in [0.15, 0.2) is 36.7 Å². The molecule has 0 saturated heterocycles. The van der Waals surface area contributed by atoms with Crippen LogP contribution in [-0.2, 0) is 6.54 Å². The molecule has 0 spiro atoms. The maximum atomic E-state index is 13.8. The summed E-state index contributed by atoms with van der Waals surface area (Å²) < 4.78 is 13.8. The Morgan fingerprint density at radius 3 is 2.74 bits per heavy atom. The maximum absolute atomic E-state index is 13.8. The molecular weight excluding hydrogens is 243 g/mol. The van der Waals surface area contributed by atoms with Crippen LogP contribution in [0.1, 0.15) is 24.2 Å². The summed E-state index contributed by atoms with van der Waals surface area (Å²) in [6, 6.07) is 6.60. The molecule has 19 heavy (non-hydrogen) atoms. The van der Waals surface area contributed by atoms with E-state index in [0.717, 1.165) is 0 Å². The molecule has 5 heteroatoms. The number of halogens is 1. The van der Waals surface area contributed by atoms with E-state index in [1.807, 2.05) is 24.9 Å². The zero-order chi connectivity index (χ0) is 13.8. The molecular formula is C14H17FN4. The van der Waals surface area contributed by atoms with Crippen LogP contribution in [0.3, 0.4) is 0 Å². The third kappa shape index (κ3) is 2.88. The van der Waals surface area contributed by atoms with E-state index in [2.05, 4.69) is 9.97 Å². The van der Waals surface area contributed by atoms with Crippen LogP contribution in [0, 0.1) is 5.82 Å². The summed E-state index contributed by atoms with van der Waals surface area (Å²) in [6.07, 6.45) is 3.28. The molecule has 1 atom stereocenters. The quantitative estimate of drug-likeness (QED) is 0.916. The number of anilines is 1. The minimum Gasteiger partial charge on any atom is -0.352 e. The number of nitrogens with zero attached hydrogens (tertiary/aromatic N) is 3. The molecule has 1 heterocycles. The van der Waals surface area contributed by atoms with Gasteiger partial charge in [-0.3, -0.25) is 4.98 Å². The van der Waals surface area contributed by atoms with E-state index in [1.165, 1.54) is 6.07 Å². The van der Waals surface area contributed by atoms with Crippen molar-refractivity contribution >= 4 is 5.82 Å². The summed E-state index contributed by atoms with van der Waals surface area (Å²) in [7, 11) is 1.86. The summed E-state index contributed by atoms with van der Waals surface area (Å²) in [5.41, 5.74) is 6.89. The van der Waals surface area contributed by atoms with Crippen molar-refractivity contribution in [3.05, 3.63) is 53.7 Å². The van der Waals surface area contributed by atoms with Crippen molar-refractivity contribution < 1.29 is 4.39 Å². The van der Waals surface area contributed by atoms with Gasteiger partial charge in [-0.05, 0) is 13.0 Å².